The molecular weight excluding hydrogens is 453 g/mol. The normalized spacial score (nSPS) is 14.9. The van der Waals surface area contributed by atoms with Gasteiger partial charge >= 0.3 is 0 Å². The minimum atomic E-state index is -0.455. The lowest BCUT2D eigenvalue weighted by Gasteiger charge is -2.17. The summed E-state index contributed by atoms with van der Waals surface area (Å²) in [7, 11) is 4.26. The highest BCUT2D eigenvalue weighted by Crippen LogP contribution is 2.36. The van der Waals surface area contributed by atoms with Crippen LogP contribution in [0.15, 0.2) is 73.1 Å². The van der Waals surface area contributed by atoms with Crippen molar-refractivity contribution in [2.45, 2.75) is 18.9 Å². The average molecular weight is 480 g/mol. The van der Waals surface area contributed by atoms with Gasteiger partial charge in [0.2, 0.25) is 5.95 Å². The van der Waals surface area contributed by atoms with Gasteiger partial charge in [0, 0.05) is 29.7 Å². The molecule has 3 aromatic heterocycles. The van der Waals surface area contributed by atoms with Crippen LogP contribution in [-0.2, 0) is 12.8 Å². The van der Waals surface area contributed by atoms with Gasteiger partial charge in [0.25, 0.3) is 0 Å². The van der Waals surface area contributed by atoms with Crippen molar-refractivity contribution in [2.24, 2.45) is 0 Å². The second-order valence-corrected chi connectivity index (χ2v) is 9.39. The number of pyridine rings is 1. The van der Waals surface area contributed by atoms with Crippen LogP contribution in [0.25, 0.3) is 28.0 Å². The van der Waals surface area contributed by atoms with Gasteiger partial charge in [0.1, 0.15) is 11.5 Å². The summed E-state index contributed by atoms with van der Waals surface area (Å²) >= 11 is 0. The van der Waals surface area contributed by atoms with Gasteiger partial charge in [0.05, 0.1) is 22.5 Å². The second kappa shape index (κ2) is 8.73. The molecule has 1 unspecified atom stereocenters. The Morgan fingerprint density at radius 3 is 2.72 bits per heavy atom. The molecule has 180 valence electrons. The van der Waals surface area contributed by atoms with Gasteiger partial charge in [-0.2, -0.15) is 5.10 Å². The van der Waals surface area contributed by atoms with Gasteiger partial charge in [-0.1, -0.05) is 12.1 Å². The first-order valence-corrected chi connectivity index (χ1v) is 11.9. The molecule has 0 bridgehead atoms. The Labute approximate surface area is 208 Å². The minimum Gasteiger partial charge on any atom is -0.396 e. The number of rotatable bonds is 5. The Bertz CT molecular complexity index is 1590. The summed E-state index contributed by atoms with van der Waals surface area (Å²) in [5.74, 6) is 0.0401. The Balaban J connectivity index is 1.38. The van der Waals surface area contributed by atoms with Gasteiger partial charge in [0.15, 0.2) is 0 Å². The smallest absolute Gasteiger partial charge is 0.227 e. The van der Waals surface area contributed by atoms with Crippen LogP contribution in [0.5, 0.6) is 0 Å². The third kappa shape index (κ3) is 3.95. The molecule has 1 atom stereocenters. The zero-order valence-corrected chi connectivity index (χ0v) is 20.1. The molecule has 36 heavy (non-hydrogen) atoms. The number of benzene rings is 2. The van der Waals surface area contributed by atoms with Crippen molar-refractivity contribution in [1.29, 1.82) is 0 Å². The van der Waals surface area contributed by atoms with Crippen molar-refractivity contribution < 1.29 is 4.39 Å². The van der Waals surface area contributed by atoms with E-state index >= 15 is 0 Å². The number of anilines is 3. The summed E-state index contributed by atoms with van der Waals surface area (Å²) in [5.41, 5.74) is 13.5. The Morgan fingerprint density at radius 2 is 1.89 bits per heavy atom. The fourth-order valence-electron chi connectivity index (χ4n) is 4.87. The number of aromatic nitrogens is 4. The lowest BCUT2D eigenvalue weighted by atomic mass is 10.0. The van der Waals surface area contributed by atoms with E-state index in [-0.39, 0.29) is 5.69 Å². The fourth-order valence-corrected chi connectivity index (χ4v) is 4.87. The van der Waals surface area contributed by atoms with Crippen molar-refractivity contribution >= 4 is 22.8 Å². The van der Waals surface area contributed by atoms with Gasteiger partial charge in [-0.3, -0.25) is 0 Å². The minimum absolute atomic E-state index is 0.0775. The molecule has 0 fully saturated rings. The monoisotopic (exact) mass is 479 g/mol. The van der Waals surface area contributed by atoms with Crippen LogP contribution < -0.4 is 11.1 Å². The maximum absolute atomic E-state index is 13.9. The molecule has 0 aliphatic heterocycles. The van der Waals surface area contributed by atoms with E-state index in [2.05, 4.69) is 47.5 Å². The van der Waals surface area contributed by atoms with E-state index in [4.69, 9.17) is 15.8 Å². The van der Waals surface area contributed by atoms with E-state index in [1.54, 1.807) is 22.8 Å². The summed E-state index contributed by atoms with van der Waals surface area (Å²) in [6.07, 6.45) is 5.71. The first-order chi connectivity index (χ1) is 17.5. The molecule has 7 nitrogen and oxygen atoms in total. The third-order valence-corrected chi connectivity index (χ3v) is 6.82. The number of nitrogen functional groups attached to an aromatic ring is 1. The van der Waals surface area contributed by atoms with Crippen LogP contribution in [0.4, 0.5) is 21.7 Å². The highest BCUT2D eigenvalue weighted by Gasteiger charge is 2.23. The average Bonchev–Trinajstić information content (AvgIpc) is 3.47. The van der Waals surface area contributed by atoms with Crippen LogP contribution in [-0.4, -0.2) is 44.6 Å². The number of nitrogens with two attached hydrogens (primary N) is 1. The molecular formula is C28H26FN7. The van der Waals surface area contributed by atoms with Crippen LogP contribution in [0, 0.1) is 5.82 Å². The van der Waals surface area contributed by atoms with Crippen LogP contribution in [0.2, 0.25) is 0 Å². The largest absolute Gasteiger partial charge is 0.396 e. The van der Waals surface area contributed by atoms with E-state index in [9.17, 15) is 4.39 Å². The van der Waals surface area contributed by atoms with Gasteiger partial charge in [-0.05, 0) is 86.6 Å². The van der Waals surface area contributed by atoms with Crippen molar-refractivity contribution in [3.63, 3.8) is 0 Å². The molecule has 1 aliphatic carbocycles. The first kappa shape index (κ1) is 22.2. The lowest BCUT2D eigenvalue weighted by molar-refractivity contribution is 0.303. The van der Waals surface area contributed by atoms with E-state index in [1.165, 1.54) is 17.2 Å². The molecule has 1 aliphatic rings. The number of nitrogens with zero attached hydrogens (tertiary/aromatic N) is 5. The van der Waals surface area contributed by atoms with Crippen molar-refractivity contribution in [3.05, 3.63) is 90.0 Å². The summed E-state index contributed by atoms with van der Waals surface area (Å²) < 4.78 is 15.7. The first-order valence-electron chi connectivity index (χ1n) is 11.9. The molecule has 0 saturated carbocycles. The predicted octanol–water partition coefficient (Wildman–Crippen LogP) is 4.95. The maximum Gasteiger partial charge on any atom is 0.227 e. The molecule has 3 N–H and O–H groups in total. The summed E-state index contributed by atoms with van der Waals surface area (Å²) in [5, 5.41) is 8.13. The Kier molecular flexibility index (Phi) is 5.38. The molecule has 2 aromatic carbocycles. The molecule has 0 saturated heterocycles. The number of hydrogen-bond acceptors (Lipinski definition) is 6. The topological polar surface area (TPSA) is 84.4 Å². The molecule has 8 heteroatoms. The van der Waals surface area contributed by atoms with Crippen LogP contribution in [0.3, 0.4) is 0 Å². The number of halogens is 1. The lowest BCUT2D eigenvalue weighted by Crippen LogP contribution is -2.27. The standard InChI is InChI=1S/C28H26FN7/c1-35(2)21-14-17-6-8-20(13-19(17)15-21)32-28-31-11-10-24(33-28)26-25-5-3-4-12-36(25)34-27(26)18-7-9-22(29)23(30)16-18/h3-13,16,21H,14-15,30H2,1-2H3,(H,31,32,33). The van der Waals surface area contributed by atoms with E-state index in [1.807, 2.05) is 30.5 Å². The Hall–Kier alpha value is -4.30. The van der Waals surface area contributed by atoms with Crippen molar-refractivity contribution in [3.8, 4) is 22.5 Å². The summed E-state index contributed by atoms with van der Waals surface area (Å²) in [4.78, 5) is 11.6. The van der Waals surface area contributed by atoms with Gasteiger partial charge in [-0.15, -0.1) is 0 Å². The van der Waals surface area contributed by atoms with E-state index in [0.717, 1.165) is 35.2 Å². The molecule has 0 amide bonds. The number of likely N-dealkylation sites (N-methyl/N-ethyl adjacent to an activating group) is 1. The maximum atomic E-state index is 13.9. The SMILES string of the molecule is CN(C)C1Cc2ccc(Nc3nccc(-c4c(-c5ccc(F)c(N)c5)nn5ccccc45)n3)cc2C1. The quantitative estimate of drug-likeness (QED) is 0.347. The molecule has 3 heterocycles. The highest BCUT2D eigenvalue weighted by molar-refractivity contribution is 5.91. The van der Waals surface area contributed by atoms with Gasteiger partial charge < -0.3 is 16.0 Å². The van der Waals surface area contributed by atoms with Crippen molar-refractivity contribution in [2.75, 3.05) is 25.1 Å². The zero-order valence-electron chi connectivity index (χ0n) is 20.1. The molecule has 6 rings (SSSR count). The highest BCUT2D eigenvalue weighted by atomic mass is 19.1. The number of nitrogens with one attached hydrogen (secondary N) is 1. The molecule has 0 radical (unpaired) electrons. The summed E-state index contributed by atoms with van der Waals surface area (Å²) in [6.45, 7) is 0. The zero-order chi connectivity index (χ0) is 24.8. The number of fused-ring (bicyclic) bond motifs is 2. The third-order valence-electron chi connectivity index (χ3n) is 6.82. The molecule has 0 spiro atoms. The second-order valence-electron chi connectivity index (χ2n) is 9.39. The van der Waals surface area contributed by atoms with Crippen LogP contribution in [0.1, 0.15) is 11.1 Å². The summed E-state index contributed by atoms with van der Waals surface area (Å²) in [6, 6.07) is 19.3. The fraction of sp³-hybridized carbons (Fsp3) is 0.179. The van der Waals surface area contributed by atoms with Crippen molar-refractivity contribution in [1.82, 2.24) is 24.5 Å². The molecule has 5 aromatic rings. The van der Waals surface area contributed by atoms with E-state index < -0.39 is 5.82 Å². The van der Waals surface area contributed by atoms with E-state index in [0.29, 0.717) is 23.4 Å². The van der Waals surface area contributed by atoms with Gasteiger partial charge in [-0.25, -0.2) is 18.9 Å². The van der Waals surface area contributed by atoms with Crippen LogP contribution >= 0.6 is 0 Å². The number of hydrogen-bond donors (Lipinski definition) is 2. The Morgan fingerprint density at radius 1 is 1.03 bits per heavy atom. The predicted molar refractivity (Wildman–Crippen MR) is 141 cm³/mol.